The smallest absolute Gasteiger partial charge is 0.162 e. The third-order valence-electron chi connectivity index (χ3n) is 3.97. The average Bonchev–Trinajstić information content (AvgIpc) is 2.35. The van der Waals surface area contributed by atoms with Crippen LogP contribution in [0.5, 0.6) is 0 Å². The molecule has 94 valence electrons. The molecule has 0 amide bonds. The van der Waals surface area contributed by atoms with Crippen molar-refractivity contribution in [1.82, 2.24) is 0 Å². The van der Waals surface area contributed by atoms with Gasteiger partial charge in [-0.15, -0.1) is 0 Å². The highest BCUT2D eigenvalue weighted by molar-refractivity contribution is 6.30. The summed E-state index contributed by atoms with van der Waals surface area (Å²) in [5.74, 6) is 0.898. The molecule has 2 rings (SSSR count). The molecule has 0 aliphatic carbocycles. The largest absolute Gasteiger partial charge is 0.352 e. The third kappa shape index (κ3) is 3.21. The Bertz CT molecular complexity index is 342. The van der Waals surface area contributed by atoms with E-state index in [2.05, 4.69) is 24.8 Å². The van der Waals surface area contributed by atoms with Gasteiger partial charge in [0.1, 0.15) is 6.54 Å². The molecule has 1 saturated heterocycles. The summed E-state index contributed by atoms with van der Waals surface area (Å²) in [4.78, 5) is 1.69. The van der Waals surface area contributed by atoms with Crippen LogP contribution >= 0.6 is 11.6 Å². The van der Waals surface area contributed by atoms with Crippen molar-refractivity contribution in [3.8, 4) is 0 Å². The van der Waals surface area contributed by atoms with Crippen molar-refractivity contribution in [3.63, 3.8) is 0 Å². The normalized spacial score (nSPS) is 26.8. The summed E-state index contributed by atoms with van der Waals surface area (Å²) in [5, 5.41) is 0.818. The van der Waals surface area contributed by atoms with Crippen LogP contribution in [0.25, 0.3) is 0 Å². The number of hydrogen-bond acceptors (Lipinski definition) is 0. The predicted octanol–water partition coefficient (Wildman–Crippen LogP) is 0.938. The maximum absolute atomic E-state index is 5.94. The van der Waals surface area contributed by atoms with E-state index in [9.17, 15) is 0 Å². The molecule has 1 fully saturated rings. The van der Waals surface area contributed by atoms with E-state index in [1.807, 2.05) is 12.1 Å². The van der Waals surface area contributed by atoms with Gasteiger partial charge >= 0.3 is 0 Å². The Kier molecular flexibility index (Phi) is 4.43. The number of piperidine rings is 1. The molecule has 0 aromatic heterocycles. The number of likely N-dealkylation sites (tertiary alicyclic amines) is 1. The molecule has 0 spiro atoms. The van der Waals surface area contributed by atoms with E-state index in [1.54, 1.807) is 4.90 Å². The lowest BCUT2D eigenvalue weighted by Gasteiger charge is -2.32. The van der Waals surface area contributed by atoms with E-state index in [1.165, 1.54) is 31.5 Å². The molecule has 0 saturated carbocycles. The quantitative estimate of drug-likeness (QED) is 0.805. The summed E-state index contributed by atoms with van der Waals surface area (Å²) in [7, 11) is 0. The minimum Gasteiger partial charge on any atom is -0.352 e. The van der Waals surface area contributed by atoms with E-state index >= 15 is 0 Å². The zero-order valence-electron chi connectivity index (χ0n) is 10.6. The summed E-state index contributed by atoms with van der Waals surface area (Å²) in [6.07, 6.45) is 2.69. The first-order valence-corrected chi connectivity index (χ1v) is 6.97. The summed E-state index contributed by atoms with van der Waals surface area (Å²) in [6, 6.07) is 8.84. The molecule has 0 bridgehead atoms. The van der Waals surface area contributed by atoms with Crippen LogP contribution in [0.15, 0.2) is 24.3 Å². The van der Waals surface area contributed by atoms with Gasteiger partial charge < -0.3 is 10.6 Å². The number of benzene rings is 1. The number of rotatable bonds is 3. The molecule has 1 aliphatic heterocycles. The van der Waals surface area contributed by atoms with Gasteiger partial charge in [0.25, 0.3) is 0 Å². The van der Waals surface area contributed by atoms with Gasteiger partial charge in [0.05, 0.1) is 13.1 Å². The van der Waals surface area contributed by atoms with Crippen LogP contribution in [-0.2, 0) is 0 Å². The number of hydrogen-bond donors (Lipinski definition) is 2. The van der Waals surface area contributed by atoms with E-state index < -0.39 is 0 Å². The lowest BCUT2D eigenvalue weighted by atomic mass is 9.96. The molecule has 1 heterocycles. The molecule has 1 atom stereocenters. The fourth-order valence-electron chi connectivity index (χ4n) is 2.78. The minimum absolute atomic E-state index is 0.541. The van der Waals surface area contributed by atoms with Crippen molar-refractivity contribution in [1.29, 1.82) is 0 Å². The average molecular weight is 255 g/mol. The Balaban J connectivity index is 2.08. The van der Waals surface area contributed by atoms with Crippen LogP contribution < -0.4 is 10.6 Å². The van der Waals surface area contributed by atoms with Crippen molar-refractivity contribution in [2.24, 2.45) is 5.92 Å². The van der Waals surface area contributed by atoms with Crippen molar-refractivity contribution < 1.29 is 10.6 Å². The monoisotopic (exact) mass is 254 g/mol. The number of halogens is 1. The van der Waals surface area contributed by atoms with Gasteiger partial charge in [-0.05, 0) is 30.9 Å². The molecule has 4 N–H and O–H groups in total. The van der Waals surface area contributed by atoms with Crippen molar-refractivity contribution in [2.75, 3.05) is 19.6 Å². The lowest BCUT2D eigenvalue weighted by Crippen LogP contribution is -3.14. The second-order valence-corrected chi connectivity index (χ2v) is 5.67. The topological polar surface area (TPSA) is 32.1 Å². The van der Waals surface area contributed by atoms with E-state index in [0.29, 0.717) is 6.04 Å². The van der Waals surface area contributed by atoms with E-state index in [-0.39, 0.29) is 0 Å². The van der Waals surface area contributed by atoms with Gasteiger partial charge in [0, 0.05) is 10.6 Å². The van der Waals surface area contributed by atoms with Gasteiger partial charge in [-0.2, -0.15) is 0 Å². The number of quaternary nitrogens is 2. The van der Waals surface area contributed by atoms with Crippen LogP contribution in [0.3, 0.4) is 0 Å². The second-order valence-electron chi connectivity index (χ2n) is 5.23. The first kappa shape index (κ1) is 12.9. The zero-order chi connectivity index (χ0) is 12.3. The van der Waals surface area contributed by atoms with Crippen LogP contribution in [-0.4, -0.2) is 19.6 Å². The molecule has 0 unspecified atom stereocenters. The van der Waals surface area contributed by atoms with E-state index in [4.69, 9.17) is 11.6 Å². The Morgan fingerprint density at radius 3 is 2.41 bits per heavy atom. The first-order chi connectivity index (χ1) is 8.20. The molecular weight excluding hydrogens is 232 g/mol. The summed E-state index contributed by atoms with van der Waals surface area (Å²) in [6.45, 7) is 5.89. The van der Waals surface area contributed by atoms with Gasteiger partial charge in [-0.1, -0.05) is 30.7 Å². The van der Waals surface area contributed by atoms with Gasteiger partial charge in [-0.25, -0.2) is 0 Å². The highest BCUT2D eigenvalue weighted by atomic mass is 35.5. The van der Waals surface area contributed by atoms with Crippen molar-refractivity contribution in [2.45, 2.75) is 25.8 Å². The molecular formula is C14H23ClN2+2. The fourth-order valence-corrected chi connectivity index (χ4v) is 2.91. The Hall–Kier alpha value is -0.570. The molecule has 1 aromatic rings. The summed E-state index contributed by atoms with van der Waals surface area (Å²) < 4.78 is 0. The van der Waals surface area contributed by atoms with Crippen LogP contribution in [0, 0.1) is 5.92 Å². The molecule has 0 radical (unpaired) electrons. The first-order valence-electron chi connectivity index (χ1n) is 6.60. The van der Waals surface area contributed by atoms with Crippen LogP contribution in [0.1, 0.15) is 31.4 Å². The van der Waals surface area contributed by atoms with Gasteiger partial charge in [-0.3, -0.25) is 0 Å². The molecule has 2 nitrogen and oxygen atoms in total. The van der Waals surface area contributed by atoms with Crippen molar-refractivity contribution >= 4 is 11.6 Å². The molecule has 17 heavy (non-hydrogen) atoms. The minimum atomic E-state index is 0.541. The maximum Gasteiger partial charge on any atom is 0.162 e. The third-order valence-corrected chi connectivity index (χ3v) is 4.22. The fraction of sp³-hybridized carbons (Fsp3) is 0.571. The molecule has 3 heteroatoms. The molecule has 1 aliphatic rings. The standard InChI is InChI=1S/C14H21ClN2/c1-11-6-8-17(9-7-11)14(10-16)12-2-4-13(15)5-3-12/h2-5,11,14H,6-10,16H2,1H3/p+2/t14-/m0/s1. The Labute approximate surface area is 109 Å². The number of nitrogens with one attached hydrogen (secondary N) is 1. The van der Waals surface area contributed by atoms with E-state index in [0.717, 1.165) is 17.5 Å². The second kappa shape index (κ2) is 5.85. The van der Waals surface area contributed by atoms with Gasteiger partial charge in [0.2, 0.25) is 0 Å². The SMILES string of the molecule is CC1CC[NH+]([C@@H](C[NH3+])c2ccc(Cl)cc2)CC1. The van der Waals surface area contributed by atoms with Crippen molar-refractivity contribution in [3.05, 3.63) is 34.9 Å². The molecule has 1 aromatic carbocycles. The zero-order valence-corrected chi connectivity index (χ0v) is 11.3. The summed E-state index contributed by atoms with van der Waals surface area (Å²) >= 11 is 5.94. The predicted molar refractivity (Wildman–Crippen MR) is 71.0 cm³/mol. The van der Waals surface area contributed by atoms with Crippen LogP contribution in [0.4, 0.5) is 0 Å². The lowest BCUT2D eigenvalue weighted by molar-refractivity contribution is -0.943. The highest BCUT2D eigenvalue weighted by Gasteiger charge is 2.28. The maximum atomic E-state index is 5.94. The van der Waals surface area contributed by atoms with Crippen LogP contribution in [0.2, 0.25) is 5.02 Å². The summed E-state index contributed by atoms with van der Waals surface area (Å²) in [5.41, 5.74) is 5.51. The Morgan fingerprint density at radius 1 is 1.29 bits per heavy atom. The highest BCUT2D eigenvalue weighted by Crippen LogP contribution is 2.15. The van der Waals surface area contributed by atoms with Gasteiger partial charge in [0.15, 0.2) is 6.04 Å². The Morgan fingerprint density at radius 2 is 1.88 bits per heavy atom.